The summed E-state index contributed by atoms with van der Waals surface area (Å²) in [5, 5.41) is 9.89. The number of fused-ring (bicyclic) bond motifs is 1. The van der Waals surface area contributed by atoms with Crippen molar-refractivity contribution < 1.29 is 13.5 Å². The lowest BCUT2D eigenvalue weighted by molar-refractivity contribution is 0.129. The first-order chi connectivity index (χ1) is 9.39. The van der Waals surface area contributed by atoms with Gasteiger partial charge >= 0.3 is 0 Å². The summed E-state index contributed by atoms with van der Waals surface area (Å²) in [6, 6.07) is 1.47. The fourth-order valence-electron chi connectivity index (χ4n) is 3.17. The lowest BCUT2D eigenvalue weighted by atomic mass is 10.00. The zero-order chi connectivity index (χ0) is 14.5. The highest BCUT2D eigenvalue weighted by atomic mass is 79.9. The molecule has 0 bridgehead atoms. The zero-order valence-corrected chi connectivity index (χ0v) is 13.1. The summed E-state index contributed by atoms with van der Waals surface area (Å²) < 4.78 is 27.3. The third-order valence-corrected chi connectivity index (χ3v) is 6.55. The normalized spacial score (nSPS) is 30.6. The van der Waals surface area contributed by atoms with Crippen molar-refractivity contribution in [3.8, 4) is 0 Å². The molecule has 6 nitrogen and oxygen atoms in total. The monoisotopic (exact) mass is 361 g/mol. The molecule has 8 heteroatoms. The van der Waals surface area contributed by atoms with Gasteiger partial charge in [0.2, 0.25) is 10.0 Å². The van der Waals surface area contributed by atoms with Gasteiger partial charge in [-0.2, -0.15) is 4.31 Å². The van der Waals surface area contributed by atoms with E-state index in [9.17, 15) is 13.5 Å². The van der Waals surface area contributed by atoms with Crippen molar-refractivity contribution in [2.24, 2.45) is 11.8 Å². The number of nitrogen functional groups attached to an aromatic ring is 1. The van der Waals surface area contributed by atoms with E-state index in [1.165, 1.54) is 16.6 Å². The summed E-state index contributed by atoms with van der Waals surface area (Å²) >= 11 is 3.21. The van der Waals surface area contributed by atoms with Gasteiger partial charge in [-0.05, 0) is 40.8 Å². The highest BCUT2D eigenvalue weighted by molar-refractivity contribution is 9.10. The largest absolute Gasteiger partial charge is 0.393 e. The number of halogens is 1. The molecule has 20 heavy (non-hydrogen) atoms. The van der Waals surface area contributed by atoms with E-state index in [1.807, 2.05) is 0 Å². The minimum Gasteiger partial charge on any atom is -0.393 e. The Hall–Kier alpha value is -0.700. The molecule has 2 fully saturated rings. The van der Waals surface area contributed by atoms with Gasteiger partial charge in [0, 0.05) is 29.7 Å². The van der Waals surface area contributed by atoms with Crippen LogP contribution in [-0.4, -0.2) is 42.0 Å². The standard InChI is InChI=1S/C12H16BrN3O3S/c13-8-3-11(12(14)15-4-8)20(18,19)16-5-7-1-2-10(17)9(7)6-16/h3-4,7,9-10,17H,1-2,5-6H2,(H2,14,15). The maximum atomic E-state index is 12.6. The number of aliphatic hydroxyl groups is 1. The van der Waals surface area contributed by atoms with Gasteiger partial charge in [0.1, 0.15) is 10.7 Å². The predicted octanol–water partition coefficient (Wildman–Crippen LogP) is 0.818. The second-order valence-corrected chi connectivity index (χ2v) is 8.25. The Kier molecular flexibility index (Phi) is 3.52. The topological polar surface area (TPSA) is 96.5 Å². The lowest BCUT2D eigenvalue weighted by Gasteiger charge is -2.19. The van der Waals surface area contributed by atoms with Crippen molar-refractivity contribution >= 4 is 31.8 Å². The van der Waals surface area contributed by atoms with Crippen molar-refractivity contribution in [3.05, 3.63) is 16.7 Å². The Morgan fingerprint density at radius 1 is 1.40 bits per heavy atom. The maximum Gasteiger partial charge on any atom is 0.246 e. The van der Waals surface area contributed by atoms with Crippen LogP contribution in [0.15, 0.2) is 21.6 Å². The van der Waals surface area contributed by atoms with Crippen molar-refractivity contribution in [2.75, 3.05) is 18.8 Å². The number of nitrogens with two attached hydrogens (primary N) is 1. The Balaban J connectivity index is 1.92. The van der Waals surface area contributed by atoms with Crippen LogP contribution in [0.1, 0.15) is 12.8 Å². The average Bonchev–Trinajstić information content (AvgIpc) is 2.95. The molecule has 0 aromatic carbocycles. The molecule has 1 aliphatic heterocycles. The molecule has 0 amide bonds. The summed E-state index contributed by atoms with van der Waals surface area (Å²) in [5.41, 5.74) is 5.70. The van der Waals surface area contributed by atoms with E-state index in [1.54, 1.807) is 0 Å². The number of rotatable bonds is 2. The van der Waals surface area contributed by atoms with E-state index in [-0.39, 0.29) is 22.5 Å². The van der Waals surface area contributed by atoms with Gasteiger partial charge in [0.05, 0.1) is 6.10 Å². The Morgan fingerprint density at radius 2 is 2.15 bits per heavy atom. The molecular weight excluding hydrogens is 346 g/mol. The number of aliphatic hydroxyl groups excluding tert-OH is 1. The van der Waals surface area contributed by atoms with Crippen molar-refractivity contribution in [3.63, 3.8) is 0 Å². The third kappa shape index (κ3) is 2.24. The first-order valence-electron chi connectivity index (χ1n) is 6.49. The number of pyridine rings is 1. The molecule has 0 radical (unpaired) electrons. The first-order valence-corrected chi connectivity index (χ1v) is 8.72. The van der Waals surface area contributed by atoms with Crippen LogP contribution in [0.25, 0.3) is 0 Å². The third-order valence-electron chi connectivity index (χ3n) is 4.25. The fourth-order valence-corrected chi connectivity index (χ4v) is 5.28. The van der Waals surface area contributed by atoms with Gasteiger partial charge in [0.25, 0.3) is 0 Å². The Bertz CT molecular complexity index is 637. The summed E-state index contributed by atoms with van der Waals surface area (Å²) in [6.07, 6.45) is 2.73. The Labute approximate surface area is 126 Å². The van der Waals surface area contributed by atoms with Gasteiger partial charge in [-0.15, -0.1) is 0 Å². The van der Waals surface area contributed by atoms with Crippen LogP contribution in [0.2, 0.25) is 0 Å². The van der Waals surface area contributed by atoms with E-state index in [4.69, 9.17) is 5.73 Å². The summed E-state index contributed by atoms with van der Waals surface area (Å²) in [5.74, 6) is 0.304. The summed E-state index contributed by atoms with van der Waals surface area (Å²) in [7, 11) is -3.65. The molecule has 1 aromatic rings. The van der Waals surface area contributed by atoms with Crippen LogP contribution in [0.5, 0.6) is 0 Å². The van der Waals surface area contributed by atoms with Crippen molar-refractivity contribution in [1.82, 2.24) is 9.29 Å². The molecule has 3 rings (SSSR count). The minimum atomic E-state index is -3.65. The lowest BCUT2D eigenvalue weighted by Crippen LogP contribution is -2.31. The highest BCUT2D eigenvalue weighted by Crippen LogP contribution is 2.40. The maximum absolute atomic E-state index is 12.6. The van der Waals surface area contributed by atoms with Crippen LogP contribution >= 0.6 is 15.9 Å². The van der Waals surface area contributed by atoms with Crippen LogP contribution in [-0.2, 0) is 10.0 Å². The van der Waals surface area contributed by atoms with Crippen molar-refractivity contribution in [2.45, 2.75) is 23.8 Å². The highest BCUT2D eigenvalue weighted by Gasteiger charge is 2.46. The first kappa shape index (κ1) is 14.2. The number of nitrogens with zero attached hydrogens (tertiary/aromatic N) is 2. The zero-order valence-electron chi connectivity index (χ0n) is 10.7. The second-order valence-electron chi connectivity index (χ2n) is 5.43. The Morgan fingerprint density at radius 3 is 2.85 bits per heavy atom. The number of sulfonamides is 1. The van der Waals surface area contributed by atoms with Gasteiger partial charge in [-0.1, -0.05) is 0 Å². The molecule has 1 aromatic heterocycles. The van der Waals surface area contributed by atoms with E-state index in [2.05, 4.69) is 20.9 Å². The number of hydrogen-bond acceptors (Lipinski definition) is 5. The number of anilines is 1. The molecule has 3 unspecified atom stereocenters. The van der Waals surface area contributed by atoms with Crippen LogP contribution in [0.4, 0.5) is 5.82 Å². The molecule has 1 saturated heterocycles. The van der Waals surface area contributed by atoms with E-state index < -0.39 is 16.1 Å². The molecule has 3 atom stereocenters. The summed E-state index contributed by atoms with van der Waals surface area (Å²) in [4.78, 5) is 3.91. The van der Waals surface area contributed by atoms with Crippen LogP contribution in [0, 0.1) is 11.8 Å². The van der Waals surface area contributed by atoms with Gasteiger partial charge in [-0.25, -0.2) is 13.4 Å². The van der Waals surface area contributed by atoms with E-state index >= 15 is 0 Å². The number of hydrogen-bond donors (Lipinski definition) is 2. The number of aromatic nitrogens is 1. The van der Waals surface area contributed by atoms with Gasteiger partial charge in [-0.3, -0.25) is 0 Å². The minimum absolute atomic E-state index is 0.00538. The molecule has 3 N–H and O–H groups in total. The smallest absolute Gasteiger partial charge is 0.246 e. The fraction of sp³-hybridized carbons (Fsp3) is 0.583. The quantitative estimate of drug-likeness (QED) is 0.812. The van der Waals surface area contributed by atoms with Crippen LogP contribution < -0.4 is 5.73 Å². The van der Waals surface area contributed by atoms with Crippen LogP contribution in [0.3, 0.4) is 0 Å². The van der Waals surface area contributed by atoms with Crippen molar-refractivity contribution in [1.29, 1.82) is 0 Å². The summed E-state index contributed by atoms with van der Waals surface area (Å²) in [6.45, 7) is 0.816. The molecule has 110 valence electrons. The predicted molar refractivity (Wildman–Crippen MR) is 77.3 cm³/mol. The van der Waals surface area contributed by atoms with Gasteiger partial charge in [0.15, 0.2) is 0 Å². The molecule has 0 spiro atoms. The molecule has 2 heterocycles. The second kappa shape index (κ2) is 4.94. The molecule has 1 aliphatic carbocycles. The van der Waals surface area contributed by atoms with Gasteiger partial charge < -0.3 is 10.8 Å². The molecular formula is C12H16BrN3O3S. The molecule has 1 saturated carbocycles. The average molecular weight is 362 g/mol. The van der Waals surface area contributed by atoms with E-state index in [0.717, 1.165) is 12.8 Å². The van der Waals surface area contributed by atoms with E-state index in [0.29, 0.717) is 17.6 Å². The molecule has 2 aliphatic rings. The SMILES string of the molecule is Nc1ncc(Br)cc1S(=O)(=O)N1CC2CCC(O)C2C1.